The van der Waals surface area contributed by atoms with E-state index < -0.39 is 5.97 Å². The van der Waals surface area contributed by atoms with Crippen LogP contribution >= 0.6 is 22.7 Å². The zero-order valence-corrected chi connectivity index (χ0v) is 17.5. The highest BCUT2D eigenvalue weighted by Crippen LogP contribution is 2.28. The summed E-state index contributed by atoms with van der Waals surface area (Å²) in [5, 5.41) is 1.50. The normalized spacial score (nSPS) is 11.1. The zero-order chi connectivity index (χ0) is 20.2. The molecule has 0 saturated carbocycles. The van der Waals surface area contributed by atoms with Crippen LogP contribution in [0.4, 0.5) is 5.13 Å². The molecule has 0 aliphatic rings. The van der Waals surface area contributed by atoms with E-state index in [9.17, 15) is 9.59 Å². The predicted octanol–water partition coefficient (Wildman–Crippen LogP) is 4.43. The van der Waals surface area contributed by atoms with Crippen LogP contribution in [0, 0.1) is 0 Å². The standard InChI is InChI=1S/C21H19N3O3S2/c1-2-24(21-23-15-8-4-6-10-17(15)29-21)19(25)13-27-20(26)12-11-18-22-14-7-3-5-9-16(14)28-18/h3-10H,2,11-13H2,1H3. The van der Waals surface area contributed by atoms with Crippen LogP contribution in [0.15, 0.2) is 48.5 Å². The van der Waals surface area contributed by atoms with Crippen molar-refractivity contribution in [2.24, 2.45) is 0 Å². The molecule has 6 nitrogen and oxygen atoms in total. The van der Waals surface area contributed by atoms with E-state index in [4.69, 9.17) is 4.74 Å². The third kappa shape index (κ3) is 4.44. The molecule has 2 heterocycles. The average Bonchev–Trinajstić information content (AvgIpc) is 3.34. The molecule has 0 atom stereocenters. The van der Waals surface area contributed by atoms with Gasteiger partial charge < -0.3 is 4.74 Å². The maximum atomic E-state index is 12.6. The van der Waals surface area contributed by atoms with Gasteiger partial charge in [-0.25, -0.2) is 9.97 Å². The van der Waals surface area contributed by atoms with E-state index >= 15 is 0 Å². The highest BCUT2D eigenvalue weighted by molar-refractivity contribution is 7.22. The Kier molecular flexibility index (Phi) is 5.82. The highest BCUT2D eigenvalue weighted by atomic mass is 32.1. The summed E-state index contributed by atoms with van der Waals surface area (Å²) in [5.41, 5.74) is 1.79. The number of carbonyl (C=O) groups is 2. The lowest BCUT2D eigenvalue weighted by atomic mass is 10.3. The second-order valence-corrected chi connectivity index (χ2v) is 8.46. The fraction of sp³-hybridized carbons (Fsp3) is 0.238. The van der Waals surface area contributed by atoms with Crippen LogP contribution in [0.3, 0.4) is 0 Å². The Morgan fingerprint density at radius 3 is 2.28 bits per heavy atom. The van der Waals surface area contributed by atoms with Crippen molar-refractivity contribution in [1.29, 1.82) is 0 Å². The van der Waals surface area contributed by atoms with Crippen molar-refractivity contribution in [3.05, 3.63) is 53.5 Å². The number of amides is 1. The third-order valence-electron chi connectivity index (χ3n) is 4.37. The highest BCUT2D eigenvalue weighted by Gasteiger charge is 2.19. The maximum absolute atomic E-state index is 12.6. The lowest BCUT2D eigenvalue weighted by molar-refractivity contribution is -0.147. The number of hydrogen-bond donors (Lipinski definition) is 0. The molecule has 0 N–H and O–H groups in total. The molecule has 4 rings (SSSR count). The summed E-state index contributed by atoms with van der Waals surface area (Å²) in [4.78, 5) is 35.2. The first kappa shape index (κ1) is 19.5. The minimum Gasteiger partial charge on any atom is -0.456 e. The summed E-state index contributed by atoms with van der Waals surface area (Å²) in [6.45, 7) is 2.04. The van der Waals surface area contributed by atoms with E-state index in [1.54, 1.807) is 16.2 Å². The van der Waals surface area contributed by atoms with Crippen molar-refractivity contribution in [3.8, 4) is 0 Å². The van der Waals surface area contributed by atoms with Crippen LogP contribution < -0.4 is 4.90 Å². The van der Waals surface area contributed by atoms with Gasteiger partial charge in [0.15, 0.2) is 11.7 Å². The molecule has 0 aliphatic carbocycles. The number of thiazole rings is 2. The Hall–Kier alpha value is -2.84. The molecular formula is C21H19N3O3S2. The predicted molar refractivity (Wildman–Crippen MR) is 117 cm³/mol. The number of nitrogens with zero attached hydrogens (tertiary/aromatic N) is 3. The Labute approximate surface area is 175 Å². The molecule has 2 aromatic carbocycles. The van der Waals surface area contributed by atoms with E-state index in [0.717, 1.165) is 25.4 Å². The number of anilines is 1. The number of carbonyl (C=O) groups excluding carboxylic acids is 2. The van der Waals surface area contributed by atoms with Crippen LogP contribution in [0.5, 0.6) is 0 Å². The van der Waals surface area contributed by atoms with Crippen LogP contribution in [-0.4, -0.2) is 35.0 Å². The Balaban J connectivity index is 1.32. The molecule has 0 spiro atoms. The summed E-state index contributed by atoms with van der Waals surface area (Å²) < 4.78 is 7.31. The van der Waals surface area contributed by atoms with Gasteiger partial charge in [-0.15, -0.1) is 11.3 Å². The van der Waals surface area contributed by atoms with Crippen molar-refractivity contribution in [1.82, 2.24) is 9.97 Å². The molecule has 148 valence electrons. The van der Waals surface area contributed by atoms with E-state index in [1.807, 2.05) is 55.5 Å². The zero-order valence-electron chi connectivity index (χ0n) is 15.8. The molecule has 0 unspecified atom stereocenters. The van der Waals surface area contributed by atoms with Gasteiger partial charge in [0.25, 0.3) is 5.91 Å². The van der Waals surface area contributed by atoms with Gasteiger partial charge in [0.2, 0.25) is 0 Å². The van der Waals surface area contributed by atoms with Gasteiger partial charge in [0.1, 0.15) is 0 Å². The van der Waals surface area contributed by atoms with Crippen molar-refractivity contribution >= 4 is 60.1 Å². The fourth-order valence-corrected chi connectivity index (χ4v) is 4.94. The minimum atomic E-state index is -0.405. The summed E-state index contributed by atoms with van der Waals surface area (Å²) in [7, 11) is 0. The van der Waals surface area contributed by atoms with Gasteiger partial charge in [-0.2, -0.15) is 0 Å². The molecule has 2 aromatic heterocycles. The lowest BCUT2D eigenvalue weighted by Crippen LogP contribution is -2.34. The third-order valence-corrected chi connectivity index (χ3v) is 6.52. The van der Waals surface area contributed by atoms with E-state index in [-0.39, 0.29) is 18.9 Å². The first-order chi connectivity index (χ1) is 14.1. The van der Waals surface area contributed by atoms with Crippen LogP contribution in [0.1, 0.15) is 18.4 Å². The number of fused-ring (bicyclic) bond motifs is 2. The van der Waals surface area contributed by atoms with E-state index in [0.29, 0.717) is 18.1 Å². The first-order valence-electron chi connectivity index (χ1n) is 9.30. The Morgan fingerprint density at radius 2 is 1.62 bits per heavy atom. The molecule has 8 heteroatoms. The van der Waals surface area contributed by atoms with Crippen molar-refractivity contribution in [2.45, 2.75) is 19.8 Å². The average molecular weight is 426 g/mol. The van der Waals surface area contributed by atoms with Gasteiger partial charge in [-0.1, -0.05) is 35.6 Å². The lowest BCUT2D eigenvalue weighted by Gasteiger charge is -2.17. The van der Waals surface area contributed by atoms with E-state index in [1.165, 1.54) is 11.3 Å². The second-order valence-electron chi connectivity index (χ2n) is 6.34. The largest absolute Gasteiger partial charge is 0.456 e. The van der Waals surface area contributed by atoms with Gasteiger partial charge >= 0.3 is 5.97 Å². The quantitative estimate of drug-likeness (QED) is 0.410. The molecule has 0 radical (unpaired) electrons. The van der Waals surface area contributed by atoms with Gasteiger partial charge in [0, 0.05) is 13.0 Å². The summed E-state index contributed by atoms with van der Waals surface area (Å²) in [6.07, 6.45) is 0.697. The fourth-order valence-electron chi connectivity index (χ4n) is 2.92. The smallest absolute Gasteiger partial charge is 0.306 e. The SMILES string of the molecule is CCN(C(=O)COC(=O)CCc1nc2ccccc2s1)c1nc2ccccc2s1. The van der Waals surface area contributed by atoms with Crippen LogP contribution in [0.25, 0.3) is 20.4 Å². The molecule has 0 bridgehead atoms. The molecule has 0 aliphatic heterocycles. The Bertz CT molecular complexity index is 1100. The number of hydrogen-bond acceptors (Lipinski definition) is 7. The summed E-state index contributed by atoms with van der Waals surface area (Å²) >= 11 is 3.02. The number of likely N-dealkylation sites (N-methyl/N-ethyl adjacent to an activating group) is 1. The number of aromatic nitrogens is 2. The van der Waals surface area contributed by atoms with Crippen LogP contribution in [0.2, 0.25) is 0 Å². The van der Waals surface area contributed by atoms with Crippen LogP contribution in [-0.2, 0) is 20.7 Å². The topological polar surface area (TPSA) is 72.4 Å². The summed E-state index contributed by atoms with van der Waals surface area (Å²) in [6, 6.07) is 15.6. The Morgan fingerprint density at radius 1 is 0.966 bits per heavy atom. The molecule has 29 heavy (non-hydrogen) atoms. The molecule has 1 amide bonds. The maximum Gasteiger partial charge on any atom is 0.306 e. The second kappa shape index (κ2) is 8.67. The number of esters is 1. The molecular weight excluding hydrogens is 406 g/mol. The summed E-state index contributed by atoms with van der Waals surface area (Å²) in [5.74, 6) is -0.683. The monoisotopic (exact) mass is 425 g/mol. The van der Waals surface area contributed by atoms with E-state index in [2.05, 4.69) is 9.97 Å². The number of aryl methyl sites for hydroxylation is 1. The molecule has 4 aromatic rings. The number of para-hydroxylation sites is 2. The minimum absolute atomic E-state index is 0.195. The number of ether oxygens (including phenoxy) is 1. The molecule has 0 fully saturated rings. The van der Waals surface area contributed by atoms with Gasteiger partial charge in [-0.3, -0.25) is 14.5 Å². The number of rotatable bonds is 7. The van der Waals surface area contributed by atoms with Gasteiger partial charge in [-0.05, 0) is 31.2 Å². The number of benzene rings is 2. The van der Waals surface area contributed by atoms with Crippen molar-refractivity contribution in [3.63, 3.8) is 0 Å². The van der Waals surface area contributed by atoms with Crippen molar-refractivity contribution in [2.75, 3.05) is 18.1 Å². The van der Waals surface area contributed by atoms with Gasteiger partial charge in [0.05, 0.1) is 31.9 Å². The first-order valence-corrected chi connectivity index (χ1v) is 10.9. The molecule has 0 saturated heterocycles. The van der Waals surface area contributed by atoms with Crippen molar-refractivity contribution < 1.29 is 14.3 Å².